The van der Waals surface area contributed by atoms with Crippen LogP contribution in [0.1, 0.15) is 28.8 Å². The lowest BCUT2D eigenvalue weighted by molar-refractivity contribution is -0.144. The number of hydrogen-bond acceptors (Lipinski definition) is 3. The molecule has 0 radical (unpaired) electrons. The number of halogens is 4. The monoisotopic (exact) mass is 379 g/mol. The van der Waals surface area contributed by atoms with Crippen LogP contribution < -0.4 is 5.32 Å². The molecule has 0 aliphatic carbocycles. The van der Waals surface area contributed by atoms with Gasteiger partial charge in [0.25, 0.3) is 5.91 Å². The van der Waals surface area contributed by atoms with Crippen molar-refractivity contribution in [2.45, 2.75) is 26.6 Å². The van der Waals surface area contributed by atoms with E-state index in [0.717, 1.165) is 7.05 Å². The summed E-state index contributed by atoms with van der Waals surface area (Å²) in [7, 11) is 1.13. The fraction of sp³-hybridized carbons (Fsp3) is 0.417. The van der Waals surface area contributed by atoms with Gasteiger partial charge in [0, 0.05) is 13.6 Å². The second kappa shape index (κ2) is 5.75. The average Bonchev–Trinajstić information content (AvgIpc) is 2.90. The molecule has 120 valence electrons. The highest BCUT2D eigenvalue weighted by molar-refractivity contribution is 9.10. The standard InChI is InChI=1S/C12H13BrF3N5O/c1-4-21-6(2)7(5-17-21)18-11(22)9-8(13)10(12(14,15)16)20(3)19-9/h5H,4H2,1-3H3,(H,18,22). The molecular formula is C12H13BrF3N5O. The first kappa shape index (κ1) is 16.5. The Morgan fingerprint density at radius 2 is 2.09 bits per heavy atom. The predicted octanol–water partition coefficient (Wildman–Crippen LogP) is 2.98. The number of carbonyl (C=O) groups is 1. The van der Waals surface area contributed by atoms with E-state index in [0.29, 0.717) is 22.6 Å². The molecule has 0 atom stereocenters. The Morgan fingerprint density at radius 1 is 1.45 bits per heavy atom. The third kappa shape index (κ3) is 2.87. The predicted molar refractivity (Wildman–Crippen MR) is 76.5 cm³/mol. The molecule has 0 saturated carbocycles. The van der Waals surface area contributed by atoms with E-state index in [1.54, 1.807) is 11.6 Å². The second-order valence-electron chi connectivity index (χ2n) is 4.55. The van der Waals surface area contributed by atoms with Gasteiger partial charge in [-0.25, -0.2) is 0 Å². The van der Waals surface area contributed by atoms with Gasteiger partial charge in [-0.05, 0) is 29.8 Å². The van der Waals surface area contributed by atoms with Crippen molar-refractivity contribution in [1.29, 1.82) is 0 Å². The SMILES string of the molecule is CCn1ncc(NC(=O)c2nn(C)c(C(F)(F)F)c2Br)c1C. The highest BCUT2D eigenvalue weighted by Crippen LogP contribution is 2.36. The normalized spacial score (nSPS) is 11.8. The second-order valence-corrected chi connectivity index (χ2v) is 5.34. The molecule has 1 N–H and O–H groups in total. The molecule has 2 heterocycles. The maximum atomic E-state index is 12.9. The quantitative estimate of drug-likeness (QED) is 0.891. The van der Waals surface area contributed by atoms with Gasteiger partial charge < -0.3 is 5.32 Å². The molecule has 2 aromatic heterocycles. The van der Waals surface area contributed by atoms with Gasteiger partial charge in [0.2, 0.25) is 0 Å². The number of nitrogens with one attached hydrogen (secondary N) is 1. The lowest BCUT2D eigenvalue weighted by atomic mass is 10.3. The summed E-state index contributed by atoms with van der Waals surface area (Å²) in [5.74, 6) is -0.739. The van der Waals surface area contributed by atoms with Crippen molar-refractivity contribution in [3.8, 4) is 0 Å². The van der Waals surface area contributed by atoms with Gasteiger partial charge in [-0.2, -0.15) is 23.4 Å². The molecule has 0 bridgehead atoms. The molecule has 2 rings (SSSR count). The molecule has 0 fully saturated rings. The van der Waals surface area contributed by atoms with Gasteiger partial charge in [0.1, 0.15) is 0 Å². The third-order valence-corrected chi connectivity index (χ3v) is 3.88. The third-order valence-electron chi connectivity index (χ3n) is 3.12. The summed E-state index contributed by atoms with van der Waals surface area (Å²) in [6.07, 6.45) is -3.17. The van der Waals surface area contributed by atoms with Crippen molar-refractivity contribution in [1.82, 2.24) is 19.6 Å². The van der Waals surface area contributed by atoms with Crippen molar-refractivity contribution in [3.05, 3.63) is 27.8 Å². The molecule has 22 heavy (non-hydrogen) atoms. The summed E-state index contributed by atoms with van der Waals surface area (Å²) in [4.78, 5) is 12.2. The van der Waals surface area contributed by atoms with Crippen LogP contribution in [0.5, 0.6) is 0 Å². The van der Waals surface area contributed by atoms with Crippen molar-refractivity contribution >= 4 is 27.5 Å². The molecule has 0 spiro atoms. The summed E-state index contributed by atoms with van der Waals surface area (Å²) >= 11 is 2.80. The molecule has 1 amide bonds. The van der Waals surface area contributed by atoms with E-state index in [1.165, 1.54) is 6.20 Å². The Hall–Kier alpha value is -1.84. The average molecular weight is 380 g/mol. The fourth-order valence-electron chi connectivity index (χ4n) is 2.02. The first-order chi connectivity index (χ1) is 10.2. The topological polar surface area (TPSA) is 64.7 Å². The van der Waals surface area contributed by atoms with Gasteiger partial charge in [0.15, 0.2) is 11.4 Å². The molecule has 0 aliphatic rings. The number of rotatable bonds is 3. The van der Waals surface area contributed by atoms with Crippen LogP contribution >= 0.6 is 15.9 Å². The van der Waals surface area contributed by atoms with E-state index < -0.39 is 17.8 Å². The summed E-state index contributed by atoms with van der Waals surface area (Å²) in [6.45, 7) is 4.25. The van der Waals surface area contributed by atoms with Gasteiger partial charge in [-0.3, -0.25) is 14.2 Å². The van der Waals surface area contributed by atoms with Crippen LogP contribution in [-0.4, -0.2) is 25.5 Å². The summed E-state index contributed by atoms with van der Waals surface area (Å²) in [6, 6.07) is 0. The maximum Gasteiger partial charge on any atom is 0.434 e. The van der Waals surface area contributed by atoms with Crippen molar-refractivity contribution in [3.63, 3.8) is 0 Å². The first-order valence-electron chi connectivity index (χ1n) is 6.30. The lowest BCUT2D eigenvalue weighted by Gasteiger charge is -2.06. The largest absolute Gasteiger partial charge is 0.434 e. The molecule has 0 aliphatic heterocycles. The van der Waals surface area contributed by atoms with Gasteiger partial charge in [-0.1, -0.05) is 0 Å². The van der Waals surface area contributed by atoms with Crippen LogP contribution in [0, 0.1) is 6.92 Å². The highest BCUT2D eigenvalue weighted by Gasteiger charge is 2.39. The number of amides is 1. The Morgan fingerprint density at radius 3 is 2.55 bits per heavy atom. The van der Waals surface area contributed by atoms with Crippen molar-refractivity contribution in [2.75, 3.05) is 5.32 Å². The smallest absolute Gasteiger partial charge is 0.318 e. The van der Waals surface area contributed by atoms with Gasteiger partial charge in [-0.15, -0.1) is 0 Å². The zero-order valence-corrected chi connectivity index (χ0v) is 13.6. The minimum atomic E-state index is -4.61. The van der Waals surface area contributed by atoms with E-state index in [1.807, 2.05) is 6.92 Å². The maximum absolute atomic E-state index is 12.9. The summed E-state index contributed by atoms with van der Waals surface area (Å²) < 4.78 is 40.6. The molecule has 2 aromatic rings. The number of aromatic nitrogens is 4. The zero-order valence-electron chi connectivity index (χ0n) is 12.0. The van der Waals surface area contributed by atoms with Crippen LogP contribution in [0.25, 0.3) is 0 Å². The molecule has 6 nitrogen and oxygen atoms in total. The van der Waals surface area contributed by atoms with E-state index in [9.17, 15) is 18.0 Å². The number of anilines is 1. The van der Waals surface area contributed by atoms with E-state index in [-0.39, 0.29) is 10.2 Å². The van der Waals surface area contributed by atoms with Crippen molar-refractivity contribution in [2.24, 2.45) is 7.05 Å². The van der Waals surface area contributed by atoms with Gasteiger partial charge >= 0.3 is 6.18 Å². The van der Waals surface area contributed by atoms with E-state index in [2.05, 4.69) is 31.4 Å². The van der Waals surface area contributed by atoms with Crippen LogP contribution in [0.4, 0.5) is 18.9 Å². The highest BCUT2D eigenvalue weighted by atomic mass is 79.9. The summed E-state index contributed by atoms with van der Waals surface area (Å²) in [5.41, 5.74) is -0.214. The molecular weight excluding hydrogens is 367 g/mol. The fourth-order valence-corrected chi connectivity index (χ4v) is 2.76. The minimum absolute atomic E-state index is 0.335. The van der Waals surface area contributed by atoms with Crippen molar-refractivity contribution < 1.29 is 18.0 Å². The lowest BCUT2D eigenvalue weighted by Crippen LogP contribution is -2.14. The van der Waals surface area contributed by atoms with Crippen LogP contribution in [0.15, 0.2) is 10.7 Å². The number of alkyl halides is 3. The van der Waals surface area contributed by atoms with E-state index >= 15 is 0 Å². The van der Waals surface area contributed by atoms with Crippen LogP contribution in [-0.2, 0) is 19.8 Å². The van der Waals surface area contributed by atoms with Crippen LogP contribution in [0.2, 0.25) is 0 Å². The number of nitrogens with zero attached hydrogens (tertiary/aromatic N) is 4. The molecule has 10 heteroatoms. The molecule has 0 aromatic carbocycles. The number of hydrogen-bond donors (Lipinski definition) is 1. The van der Waals surface area contributed by atoms with E-state index in [4.69, 9.17) is 0 Å². The Balaban J connectivity index is 2.33. The van der Waals surface area contributed by atoms with Gasteiger partial charge in [0.05, 0.1) is 22.1 Å². The Kier molecular flexibility index (Phi) is 4.32. The molecule has 0 unspecified atom stereocenters. The number of aryl methyl sites for hydroxylation is 2. The Labute approximate surface area is 132 Å². The number of carbonyl (C=O) groups excluding carboxylic acids is 1. The summed E-state index contributed by atoms with van der Waals surface area (Å²) in [5, 5.41) is 10.2. The van der Waals surface area contributed by atoms with Crippen LogP contribution in [0.3, 0.4) is 0 Å². The zero-order chi connectivity index (χ0) is 16.7. The minimum Gasteiger partial charge on any atom is -0.318 e. The Bertz CT molecular complexity index is 719. The molecule has 0 saturated heterocycles. The first-order valence-corrected chi connectivity index (χ1v) is 7.09.